The van der Waals surface area contributed by atoms with Crippen LogP contribution in [0.3, 0.4) is 0 Å². The molecule has 3 nitrogen and oxygen atoms in total. The summed E-state index contributed by atoms with van der Waals surface area (Å²) in [6, 6.07) is 6.18. The fraction of sp³-hybridized carbons (Fsp3) is 0.500. The monoisotopic (exact) mass is 366 g/mol. The van der Waals surface area contributed by atoms with Gasteiger partial charge in [-0.1, -0.05) is 24.3 Å². The van der Waals surface area contributed by atoms with Gasteiger partial charge in [0.2, 0.25) is 0 Å². The molecule has 1 aromatic rings. The fourth-order valence-corrected chi connectivity index (χ4v) is 3.64. The Bertz CT molecular complexity index is 659. The Morgan fingerprint density at radius 2 is 1.77 bits per heavy atom. The molecule has 0 saturated carbocycles. The van der Waals surface area contributed by atoms with Crippen molar-refractivity contribution in [1.29, 1.82) is 0 Å². The topological polar surface area (TPSA) is 15.7 Å². The van der Waals surface area contributed by atoms with Crippen LogP contribution in [0.15, 0.2) is 48.3 Å². The highest BCUT2D eigenvalue weighted by atomic mass is 19.4. The van der Waals surface area contributed by atoms with Crippen LogP contribution in [0, 0.1) is 11.8 Å². The van der Waals surface area contributed by atoms with Crippen LogP contribution >= 0.6 is 0 Å². The SMILES string of the molecule is CC1=CC(C2CCN(Cc3ccc(OC(F)(F)F)cc3)CC2)C=CN1C. The lowest BCUT2D eigenvalue weighted by molar-refractivity contribution is -0.274. The standard InChI is InChI=1S/C20H25F3N2O/c1-15-13-18(7-10-24(15)2)17-8-11-25(12-9-17)14-16-3-5-19(6-4-16)26-20(21,22)23/h3-7,10,13,17-18H,8-9,11-12,14H2,1-2H3. The van der Waals surface area contributed by atoms with E-state index in [2.05, 4.69) is 46.9 Å². The minimum Gasteiger partial charge on any atom is -0.406 e. The van der Waals surface area contributed by atoms with E-state index in [4.69, 9.17) is 0 Å². The number of ether oxygens (including phenoxy) is 1. The van der Waals surface area contributed by atoms with Crippen molar-refractivity contribution in [2.75, 3.05) is 20.1 Å². The fourth-order valence-electron chi connectivity index (χ4n) is 3.64. The highest BCUT2D eigenvalue weighted by molar-refractivity contribution is 5.27. The minimum atomic E-state index is -4.64. The molecule has 3 rings (SSSR count). The third-order valence-corrected chi connectivity index (χ3v) is 5.26. The van der Waals surface area contributed by atoms with E-state index in [-0.39, 0.29) is 5.75 Å². The number of hydrogen-bond acceptors (Lipinski definition) is 3. The lowest BCUT2D eigenvalue weighted by Crippen LogP contribution is -2.35. The largest absolute Gasteiger partial charge is 0.573 e. The highest BCUT2D eigenvalue weighted by Crippen LogP contribution is 2.31. The molecule has 2 aliphatic rings. The molecule has 1 saturated heterocycles. The Morgan fingerprint density at radius 3 is 2.35 bits per heavy atom. The zero-order chi connectivity index (χ0) is 18.7. The van der Waals surface area contributed by atoms with E-state index < -0.39 is 6.36 Å². The van der Waals surface area contributed by atoms with Crippen LogP contribution in [0.1, 0.15) is 25.3 Å². The average Bonchev–Trinajstić information content (AvgIpc) is 2.59. The Morgan fingerprint density at radius 1 is 1.12 bits per heavy atom. The van der Waals surface area contributed by atoms with E-state index in [1.165, 1.54) is 17.8 Å². The van der Waals surface area contributed by atoms with Gasteiger partial charge < -0.3 is 9.64 Å². The van der Waals surface area contributed by atoms with Gasteiger partial charge in [-0.15, -0.1) is 13.2 Å². The van der Waals surface area contributed by atoms with Gasteiger partial charge in [0.25, 0.3) is 0 Å². The van der Waals surface area contributed by atoms with Crippen LogP contribution in [-0.4, -0.2) is 36.3 Å². The summed E-state index contributed by atoms with van der Waals surface area (Å²) in [6.45, 7) is 4.92. The number of alkyl halides is 3. The lowest BCUT2D eigenvalue weighted by atomic mass is 9.82. The van der Waals surface area contributed by atoms with Crippen LogP contribution in [-0.2, 0) is 6.54 Å². The molecule has 1 atom stereocenters. The van der Waals surface area contributed by atoms with Gasteiger partial charge in [0.05, 0.1) is 0 Å². The van der Waals surface area contributed by atoms with Crippen LogP contribution in [0.25, 0.3) is 0 Å². The average molecular weight is 366 g/mol. The van der Waals surface area contributed by atoms with E-state index in [0.717, 1.165) is 38.0 Å². The zero-order valence-corrected chi connectivity index (χ0v) is 15.2. The number of hydrogen-bond donors (Lipinski definition) is 0. The first-order chi connectivity index (χ1) is 12.3. The molecule has 0 aliphatic carbocycles. The molecule has 6 heteroatoms. The second-order valence-corrected chi connectivity index (χ2v) is 7.14. The van der Waals surface area contributed by atoms with Gasteiger partial charge in [0, 0.05) is 25.2 Å². The minimum absolute atomic E-state index is 0.170. The maximum atomic E-state index is 12.2. The van der Waals surface area contributed by atoms with Gasteiger partial charge in [0.15, 0.2) is 0 Å². The second-order valence-electron chi connectivity index (χ2n) is 7.14. The summed E-state index contributed by atoms with van der Waals surface area (Å²) in [5.41, 5.74) is 2.30. The first kappa shape index (κ1) is 18.8. The van der Waals surface area contributed by atoms with Crippen molar-refractivity contribution in [3.63, 3.8) is 0 Å². The maximum Gasteiger partial charge on any atom is 0.573 e. The molecule has 2 heterocycles. The van der Waals surface area contributed by atoms with Gasteiger partial charge >= 0.3 is 6.36 Å². The molecule has 0 N–H and O–H groups in total. The van der Waals surface area contributed by atoms with Gasteiger partial charge in [-0.2, -0.15) is 0 Å². The summed E-state index contributed by atoms with van der Waals surface area (Å²) < 4.78 is 40.5. The van der Waals surface area contributed by atoms with Crippen LogP contribution in [0.2, 0.25) is 0 Å². The molecule has 0 aromatic heterocycles. The molecule has 26 heavy (non-hydrogen) atoms. The van der Waals surface area contributed by atoms with E-state index in [9.17, 15) is 13.2 Å². The first-order valence-corrected chi connectivity index (χ1v) is 8.97. The molecule has 0 bridgehead atoms. The van der Waals surface area contributed by atoms with Crippen molar-refractivity contribution in [1.82, 2.24) is 9.80 Å². The maximum absolute atomic E-state index is 12.2. The number of halogens is 3. The summed E-state index contributed by atoms with van der Waals surface area (Å²) >= 11 is 0. The summed E-state index contributed by atoms with van der Waals surface area (Å²) in [4.78, 5) is 4.50. The number of nitrogens with zero attached hydrogens (tertiary/aromatic N) is 2. The zero-order valence-electron chi connectivity index (χ0n) is 15.2. The number of allylic oxidation sites excluding steroid dienone is 3. The molecule has 1 fully saturated rings. The summed E-state index contributed by atoms with van der Waals surface area (Å²) in [6.07, 6.45) is 4.41. The lowest BCUT2D eigenvalue weighted by Gasteiger charge is -2.36. The molecule has 1 aromatic carbocycles. The van der Waals surface area contributed by atoms with Crippen LogP contribution in [0.4, 0.5) is 13.2 Å². The van der Waals surface area contributed by atoms with Crippen molar-refractivity contribution in [2.45, 2.75) is 32.7 Å². The summed E-state index contributed by atoms with van der Waals surface area (Å²) in [7, 11) is 2.06. The van der Waals surface area contributed by atoms with Crippen molar-refractivity contribution in [3.05, 3.63) is 53.9 Å². The quantitative estimate of drug-likeness (QED) is 0.763. The molecular weight excluding hydrogens is 341 g/mol. The smallest absolute Gasteiger partial charge is 0.406 e. The predicted molar refractivity (Wildman–Crippen MR) is 95.3 cm³/mol. The molecule has 0 radical (unpaired) electrons. The van der Waals surface area contributed by atoms with Crippen molar-refractivity contribution in [2.24, 2.45) is 11.8 Å². The second kappa shape index (κ2) is 7.74. The molecular formula is C20H25F3N2O. The Hall–Kier alpha value is -1.95. The van der Waals surface area contributed by atoms with Gasteiger partial charge in [-0.25, -0.2) is 0 Å². The predicted octanol–water partition coefficient (Wildman–Crippen LogP) is 4.78. The van der Waals surface area contributed by atoms with Gasteiger partial charge in [-0.3, -0.25) is 4.90 Å². The Kier molecular flexibility index (Phi) is 5.61. The normalized spacial score (nSPS) is 22.4. The van der Waals surface area contributed by atoms with Gasteiger partial charge in [-0.05, 0) is 62.7 Å². The van der Waals surface area contributed by atoms with E-state index >= 15 is 0 Å². The van der Waals surface area contributed by atoms with Crippen LogP contribution in [0.5, 0.6) is 5.75 Å². The summed E-state index contributed by atoms with van der Waals surface area (Å²) in [5.74, 6) is 0.997. The molecule has 142 valence electrons. The first-order valence-electron chi connectivity index (χ1n) is 8.97. The number of rotatable bonds is 4. The Balaban J connectivity index is 1.49. The van der Waals surface area contributed by atoms with Crippen molar-refractivity contribution in [3.8, 4) is 5.75 Å². The van der Waals surface area contributed by atoms with Crippen molar-refractivity contribution < 1.29 is 17.9 Å². The number of piperidine rings is 1. The van der Waals surface area contributed by atoms with E-state index in [1.807, 2.05) is 0 Å². The molecule has 2 aliphatic heterocycles. The third kappa shape index (κ3) is 5.04. The number of likely N-dealkylation sites (tertiary alicyclic amines) is 1. The molecule has 1 unspecified atom stereocenters. The van der Waals surface area contributed by atoms with Crippen LogP contribution < -0.4 is 4.74 Å². The van der Waals surface area contributed by atoms with Crippen molar-refractivity contribution >= 4 is 0 Å². The number of benzene rings is 1. The Labute approximate surface area is 152 Å². The molecule has 0 spiro atoms. The van der Waals surface area contributed by atoms with E-state index in [1.54, 1.807) is 12.1 Å². The summed E-state index contributed by atoms with van der Waals surface area (Å²) in [5, 5.41) is 0. The van der Waals surface area contributed by atoms with E-state index in [0.29, 0.717) is 11.8 Å². The highest BCUT2D eigenvalue weighted by Gasteiger charge is 2.31. The van der Waals surface area contributed by atoms with Gasteiger partial charge in [0.1, 0.15) is 5.75 Å². The molecule has 0 amide bonds. The third-order valence-electron chi connectivity index (χ3n) is 5.26.